The molecule has 2 aromatic rings. The Balaban J connectivity index is 2.00. The van der Waals surface area contributed by atoms with Crippen molar-refractivity contribution in [2.75, 3.05) is 6.54 Å². The van der Waals surface area contributed by atoms with Crippen LogP contribution in [0.1, 0.15) is 17.9 Å². The van der Waals surface area contributed by atoms with Gasteiger partial charge in [0.1, 0.15) is 0 Å². The van der Waals surface area contributed by atoms with E-state index in [9.17, 15) is 14.7 Å². The van der Waals surface area contributed by atoms with Crippen LogP contribution in [0.15, 0.2) is 30.5 Å². The molecular weight excluding hydrogens is 244 g/mol. The Morgan fingerprint density at radius 1 is 1.32 bits per heavy atom. The number of carbonyl (C=O) groups excluding carboxylic acids is 1. The molecule has 0 aliphatic carbocycles. The van der Waals surface area contributed by atoms with Crippen molar-refractivity contribution in [3.05, 3.63) is 36.0 Å². The fraction of sp³-hybridized carbons (Fsp3) is 0.286. The van der Waals surface area contributed by atoms with Crippen molar-refractivity contribution in [3.8, 4) is 0 Å². The van der Waals surface area contributed by atoms with Crippen molar-refractivity contribution < 1.29 is 14.7 Å². The second kappa shape index (κ2) is 4.42. The molecule has 1 aromatic heterocycles. The highest BCUT2D eigenvalue weighted by atomic mass is 16.4. The molecular formula is C14H14N2O3. The van der Waals surface area contributed by atoms with Gasteiger partial charge >= 0.3 is 5.97 Å². The summed E-state index contributed by atoms with van der Waals surface area (Å²) in [7, 11) is 0. The van der Waals surface area contributed by atoms with Crippen LogP contribution >= 0.6 is 0 Å². The van der Waals surface area contributed by atoms with Crippen molar-refractivity contribution >= 4 is 22.8 Å². The number of hydrogen-bond acceptors (Lipinski definition) is 2. The van der Waals surface area contributed by atoms with Gasteiger partial charge < -0.3 is 15.4 Å². The molecule has 0 saturated carbocycles. The van der Waals surface area contributed by atoms with E-state index in [2.05, 4.69) is 10.3 Å². The lowest BCUT2D eigenvalue weighted by Gasteiger charge is -2.29. The van der Waals surface area contributed by atoms with Crippen molar-refractivity contribution in [2.24, 2.45) is 5.92 Å². The minimum Gasteiger partial charge on any atom is -0.481 e. The lowest BCUT2D eigenvalue weighted by Crippen LogP contribution is -2.43. The lowest BCUT2D eigenvalue weighted by atomic mass is 9.80. The third kappa shape index (κ3) is 2.07. The number of carboxylic acids is 1. The predicted molar refractivity (Wildman–Crippen MR) is 69.8 cm³/mol. The van der Waals surface area contributed by atoms with Crippen molar-refractivity contribution in [1.29, 1.82) is 0 Å². The van der Waals surface area contributed by atoms with Crippen molar-refractivity contribution in [2.45, 2.75) is 12.3 Å². The highest BCUT2D eigenvalue weighted by Crippen LogP contribution is 2.32. The van der Waals surface area contributed by atoms with Gasteiger partial charge in [-0.1, -0.05) is 6.07 Å². The molecule has 1 aromatic carbocycles. The number of benzene rings is 1. The molecule has 3 rings (SSSR count). The Hall–Kier alpha value is -2.30. The first-order chi connectivity index (χ1) is 9.15. The Kier molecular flexibility index (Phi) is 2.74. The molecule has 2 unspecified atom stereocenters. The number of fused-ring (bicyclic) bond motifs is 1. The standard InChI is InChI=1S/C14H14N2O3/c17-13-6-10(11(7-16-13)14(18)19)8-1-2-12-9(5-8)3-4-15-12/h1-5,10-11,15H,6-7H2,(H,16,17)(H,18,19). The summed E-state index contributed by atoms with van der Waals surface area (Å²) in [5.41, 5.74) is 1.92. The normalized spacial score (nSPS) is 23.3. The van der Waals surface area contributed by atoms with Crippen LogP contribution in [-0.4, -0.2) is 28.5 Å². The van der Waals surface area contributed by atoms with E-state index in [1.165, 1.54) is 0 Å². The molecule has 19 heavy (non-hydrogen) atoms. The molecule has 0 spiro atoms. The number of carboxylic acid groups (broad SMARTS) is 1. The predicted octanol–water partition coefficient (Wildman–Crippen LogP) is 1.47. The SMILES string of the molecule is O=C1CC(c2ccc3[nH]ccc3c2)C(C(=O)O)CN1. The summed E-state index contributed by atoms with van der Waals surface area (Å²) in [4.78, 5) is 25.9. The van der Waals surface area contributed by atoms with E-state index >= 15 is 0 Å². The minimum absolute atomic E-state index is 0.0864. The molecule has 98 valence electrons. The van der Waals surface area contributed by atoms with E-state index in [0.29, 0.717) is 0 Å². The van der Waals surface area contributed by atoms with Gasteiger partial charge in [-0.3, -0.25) is 9.59 Å². The molecule has 1 fully saturated rings. The van der Waals surface area contributed by atoms with Crippen LogP contribution in [0.2, 0.25) is 0 Å². The van der Waals surface area contributed by atoms with Gasteiger partial charge in [-0.25, -0.2) is 0 Å². The highest BCUT2D eigenvalue weighted by molar-refractivity contribution is 5.84. The van der Waals surface area contributed by atoms with Gasteiger partial charge in [-0.05, 0) is 29.1 Å². The summed E-state index contributed by atoms with van der Waals surface area (Å²) < 4.78 is 0. The number of nitrogens with one attached hydrogen (secondary N) is 2. The highest BCUT2D eigenvalue weighted by Gasteiger charge is 2.35. The number of aromatic amines is 1. The van der Waals surface area contributed by atoms with Crippen LogP contribution < -0.4 is 5.32 Å². The molecule has 5 heteroatoms. The van der Waals surface area contributed by atoms with Gasteiger partial charge in [0.2, 0.25) is 5.91 Å². The fourth-order valence-electron chi connectivity index (χ4n) is 2.69. The maximum Gasteiger partial charge on any atom is 0.308 e. The number of aromatic nitrogens is 1. The smallest absolute Gasteiger partial charge is 0.308 e. The quantitative estimate of drug-likeness (QED) is 0.763. The summed E-state index contributed by atoms with van der Waals surface area (Å²) in [6, 6.07) is 7.73. The Morgan fingerprint density at radius 3 is 2.95 bits per heavy atom. The lowest BCUT2D eigenvalue weighted by molar-refractivity contribution is -0.144. The number of hydrogen-bond donors (Lipinski definition) is 3. The molecule has 5 nitrogen and oxygen atoms in total. The molecule has 1 aliphatic rings. The zero-order valence-corrected chi connectivity index (χ0v) is 10.2. The first-order valence-electron chi connectivity index (χ1n) is 6.21. The number of aliphatic carboxylic acids is 1. The van der Waals surface area contributed by atoms with Gasteiger partial charge in [0.25, 0.3) is 0 Å². The van der Waals surface area contributed by atoms with Gasteiger partial charge in [-0.2, -0.15) is 0 Å². The van der Waals surface area contributed by atoms with E-state index in [4.69, 9.17) is 0 Å². The second-order valence-electron chi connectivity index (χ2n) is 4.88. The largest absolute Gasteiger partial charge is 0.481 e. The summed E-state index contributed by atoms with van der Waals surface area (Å²) in [5, 5.41) is 12.9. The molecule has 1 amide bonds. The molecule has 1 saturated heterocycles. The van der Waals surface area contributed by atoms with E-state index in [0.717, 1.165) is 16.5 Å². The van der Waals surface area contributed by atoms with Crippen LogP contribution in [0, 0.1) is 5.92 Å². The molecule has 1 aliphatic heterocycles. The first-order valence-corrected chi connectivity index (χ1v) is 6.21. The number of carbonyl (C=O) groups is 2. The minimum atomic E-state index is -0.862. The van der Waals surface area contributed by atoms with E-state index in [-0.39, 0.29) is 24.8 Å². The van der Waals surface area contributed by atoms with Crippen LogP contribution in [0.25, 0.3) is 10.9 Å². The van der Waals surface area contributed by atoms with Crippen LogP contribution in [0.3, 0.4) is 0 Å². The maximum absolute atomic E-state index is 11.5. The van der Waals surface area contributed by atoms with Gasteiger partial charge in [-0.15, -0.1) is 0 Å². The fourth-order valence-corrected chi connectivity index (χ4v) is 2.69. The number of H-pyrrole nitrogens is 1. The Labute approximate surface area is 109 Å². The van der Waals surface area contributed by atoms with E-state index in [1.807, 2.05) is 30.5 Å². The summed E-state index contributed by atoms with van der Waals surface area (Å²) in [6.07, 6.45) is 2.07. The molecule has 0 radical (unpaired) electrons. The summed E-state index contributed by atoms with van der Waals surface area (Å²) >= 11 is 0. The third-order valence-electron chi connectivity index (χ3n) is 3.73. The summed E-state index contributed by atoms with van der Waals surface area (Å²) in [6.45, 7) is 0.198. The average molecular weight is 258 g/mol. The van der Waals surface area contributed by atoms with Crippen LogP contribution in [0.4, 0.5) is 0 Å². The first kappa shape index (κ1) is 11.8. The van der Waals surface area contributed by atoms with Crippen LogP contribution in [0.5, 0.6) is 0 Å². The zero-order valence-electron chi connectivity index (χ0n) is 10.2. The monoisotopic (exact) mass is 258 g/mol. The summed E-state index contributed by atoms with van der Waals surface area (Å²) in [5.74, 6) is -1.77. The van der Waals surface area contributed by atoms with Crippen molar-refractivity contribution in [1.82, 2.24) is 10.3 Å². The van der Waals surface area contributed by atoms with E-state index < -0.39 is 11.9 Å². The van der Waals surface area contributed by atoms with Gasteiger partial charge in [0.15, 0.2) is 0 Å². The zero-order chi connectivity index (χ0) is 13.4. The topological polar surface area (TPSA) is 82.2 Å². The average Bonchev–Trinajstić information content (AvgIpc) is 2.85. The van der Waals surface area contributed by atoms with Gasteiger partial charge in [0, 0.05) is 30.6 Å². The van der Waals surface area contributed by atoms with E-state index in [1.54, 1.807) is 0 Å². The number of piperidine rings is 1. The number of rotatable bonds is 2. The molecule has 0 bridgehead atoms. The van der Waals surface area contributed by atoms with Crippen LogP contribution in [-0.2, 0) is 9.59 Å². The molecule has 2 heterocycles. The maximum atomic E-state index is 11.5. The Bertz CT molecular complexity index is 647. The molecule has 2 atom stereocenters. The number of amides is 1. The van der Waals surface area contributed by atoms with Gasteiger partial charge in [0.05, 0.1) is 5.92 Å². The Morgan fingerprint density at radius 2 is 2.16 bits per heavy atom. The third-order valence-corrected chi connectivity index (χ3v) is 3.73. The molecule has 3 N–H and O–H groups in total. The second-order valence-corrected chi connectivity index (χ2v) is 4.88. The van der Waals surface area contributed by atoms with Crippen molar-refractivity contribution in [3.63, 3.8) is 0 Å².